The van der Waals surface area contributed by atoms with E-state index in [2.05, 4.69) is 46.1 Å². The van der Waals surface area contributed by atoms with E-state index >= 15 is 0 Å². The lowest BCUT2D eigenvalue weighted by molar-refractivity contribution is 0.0547. The van der Waals surface area contributed by atoms with Gasteiger partial charge in [-0.3, -0.25) is 9.97 Å². The van der Waals surface area contributed by atoms with Gasteiger partial charge in [0, 0.05) is 43.6 Å². The number of benzene rings is 1. The second kappa shape index (κ2) is 9.29. The molecule has 1 atom stereocenters. The summed E-state index contributed by atoms with van der Waals surface area (Å²) in [6.07, 6.45) is 5.70. The fourth-order valence-electron chi connectivity index (χ4n) is 5.97. The Labute approximate surface area is 222 Å². The van der Waals surface area contributed by atoms with Crippen LogP contribution in [0.1, 0.15) is 55.2 Å². The smallest absolute Gasteiger partial charge is 0.0960 e. The number of pyridine rings is 2. The van der Waals surface area contributed by atoms with E-state index in [4.69, 9.17) is 14.7 Å². The van der Waals surface area contributed by atoms with Gasteiger partial charge < -0.3 is 14.4 Å². The van der Waals surface area contributed by atoms with E-state index in [9.17, 15) is 5.11 Å². The van der Waals surface area contributed by atoms with Crippen LogP contribution in [0.2, 0.25) is 0 Å². The molecule has 8 heteroatoms. The van der Waals surface area contributed by atoms with Crippen LogP contribution in [0.15, 0.2) is 48.8 Å². The molecule has 1 aromatic carbocycles. The molecular weight excluding hydrogens is 476 g/mol. The van der Waals surface area contributed by atoms with Gasteiger partial charge in [0.25, 0.3) is 0 Å². The molecule has 196 valence electrons. The Balaban J connectivity index is 1.71. The number of hydrogen-bond donors (Lipinski definition) is 1. The van der Waals surface area contributed by atoms with Crippen molar-refractivity contribution in [2.45, 2.75) is 52.2 Å². The van der Waals surface area contributed by atoms with Crippen LogP contribution in [0.4, 0.5) is 0 Å². The molecule has 1 N–H and O–H groups in total. The highest BCUT2D eigenvalue weighted by Crippen LogP contribution is 2.42. The number of ether oxygens (including phenoxy) is 1. The SMILES string of the molecule is Cc1cccnc1C(C1CCOCC1)n1c2cc(C(C)(C)O)ccc2c2ncc(-c3c(C)nnn3C)cc21. The number of aromatic nitrogens is 6. The van der Waals surface area contributed by atoms with E-state index in [0.29, 0.717) is 5.92 Å². The molecular formula is C30H34N6O2. The van der Waals surface area contributed by atoms with Gasteiger partial charge >= 0.3 is 0 Å². The summed E-state index contributed by atoms with van der Waals surface area (Å²) in [5, 5.41) is 20.5. The summed E-state index contributed by atoms with van der Waals surface area (Å²) >= 11 is 0. The average Bonchev–Trinajstić information content (AvgIpc) is 3.41. The van der Waals surface area contributed by atoms with E-state index in [1.54, 1.807) is 4.68 Å². The predicted molar refractivity (Wildman–Crippen MR) is 148 cm³/mol. The number of fused-ring (bicyclic) bond motifs is 3. The zero-order chi connectivity index (χ0) is 26.6. The number of rotatable bonds is 5. The molecule has 5 aromatic rings. The maximum absolute atomic E-state index is 10.9. The Morgan fingerprint density at radius 1 is 1.05 bits per heavy atom. The molecule has 8 nitrogen and oxygen atoms in total. The van der Waals surface area contributed by atoms with Gasteiger partial charge in [0.05, 0.1) is 45.3 Å². The lowest BCUT2D eigenvalue weighted by Gasteiger charge is -2.33. The van der Waals surface area contributed by atoms with Crippen LogP contribution in [0, 0.1) is 19.8 Å². The van der Waals surface area contributed by atoms with Gasteiger partial charge in [-0.15, -0.1) is 5.10 Å². The van der Waals surface area contributed by atoms with Gasteiger partial charge in [0.2, 0.25) is 0 Å². The third-order valence-electron chi connectivity index (χ3n) is 7.94. The number of aryl methyl sites for hydroxylation is 3. The summed E-state index contributed by atoms with van der Waals surface area (Å²) < 4.78 is 9.99. The van der Waals surface area contributed by atoms with Gasteiger partial charge in [0.1, 0.15) is 0 Å². The third kappa shape index (κ3) is 4.08. The monoisotopic (exact) mass is 510 g/mol. The third-order valence-corrected chi connectivity index (χ3v) is 7.94. The standard InChI is InChI=1S/C30H34N6O2/c1-18-7-6-12-31-26(18)29(20-10-13-38-14-11-20)36-24-16-22(30(3,4)37)8-9-23(24)27-25(36)15-21(17-32-27)28-19(2)33-34-35(28)5/h6-9,12,15-17,20,29,37H,10-11,13-14H2,1-5H3. The molecule has 0 amide bonds. The molecule has 1 aliphatic heterocycles. The average molecular weight is 511 g/mol. The Morgan fingerprint density at radius 3 is 2.53 bits per heavy atom. The van der Waals surface area contributed by atoms with Crippen LogP contribution in [-0.4, -0.2) is 47.8 Å². The Bertz CT molecular complexity index is 1620. The first-order chi connectivity index (χ1) is 18.2. The highest BCUT2D eigenvalue weighted by atomic mass is 16.5. The summed E-state index contributed by atoms with van der Waals surface area (Å²) in [5.41, 5.74) is 7.92. The highest BCUT2D eigenvalue weighted by molar-refractivity contribution is 6.07. The van der Waals surface area contributed by atoms with Crippen LogP contribution in [0.25, 0.3) is 33.2 Å². The van der Waals surface area contributed by atoms with E-state index in [0.717, 1.165) is 81.8 Å². The van der Waals surface area contributed by atoms with Crippen molar-refractivity contribution >= 4 is 21.9 Å². The molecule has 5 heterocycles. The summed E-state index contributed by atoms with van der Waals surface area (Å²) in [7, 11) is 1.91. The zero-order valence-corrected chi connectivity index (χ0v) is 22.6. The maximum Gasteiger partial charge on any atom is 0.0960 e. The van der Waals surface area contributed by atoms with Gasteiger partial charge in [-0.25, -0.2) is 4.68 Å². The molecule has 0 saturated carbocycles. The molecule has 0 aliphatic carbocycles. The fourth-order valence-corrected chi connectivity index (χ4v) is 5.97. The van der Waals surface area contributed by atoms with Gasteiger partial charge in [-0.05, 0) is 75.8 Å². The number of nitrogens with zero attached hydrogens (tertiary/aromatic N) is 6. The normalized spacial score (nSPS) is 15.9. The second-order valence-corrected chi connectivity index (χ2v) is 11.0. The van der Waals surface area contributed by atoms with Crippen molar-refractivity contribution in [1.82, 2.24) is 29.5 Å². The first-order valence-corrected chi connectivity index (χ1v) is 13.3. The fraction of sp³-hybridized carbons (Fsp3) is 0.400. The lowest BCUT2D eigenvalue weighted by Crippen LogP contribution is -2.28. The van der Waals surface area contributed by atoms with Gasteiger partial charge in [-0.2, -0.15) is 0 Å². The first kappa shape index (κ1) is 24.7. The van der Waals surface area contributed by atoms with Crippen LogP contribution in [0.5, 0.6) is 0 Å². The lowest BCUT2D eigenvalue weighted by atomic mass is 9.87. The second-order valence-electron chi connectivity index (χ2n) is 11.0. The minimum atomic E-state index is -0.972. The molecule has 6 rings (SSSR count). The molecule has 0 bridgehead atoms. The molecule has 4 aromatic heterocycles. The molecule has 38 heavy (non-hydrogen) atoms. The maximum atomic E-state index is 10.9. The molecule has 1 fully saturated rings. The van der Waals surface area contributed by atoms with Crippen LogP contribution < -0.4 is 0 Å². The predicted octanol–water partition coefficient (Wildman–Crippen LogP) is 5.24. The summed E-state index contributed by atoms with van der Waals surface area (Å²) in [4.78, 5) is 9.95. The minimum absolute atomic E-state index is 0.0139. The Hall–Kier alpha value is -3.62. The van der Waals surface area contributed by atoms with Crippen molar-refractivity contribution < 1.29 is 9.84 Å². The Kier molecular flexibility index (Phi) is 6.04. The van der Waals surface area contributed by atoms with Crippen molar-refractivity contribution in [2.24, 2.45) is 13.0 Å². The van der Waals surface area contributed by atoms with Crippen molar-refractivity contribution in [3.63, 3.8) is 0 Å². The first-order valence-electron chi connectivity index (χ1n) is 13.3. The quantitative estimate of drug-likeness (QED) is 0.348. The van der Waals surface area contributed by atoms with Crippen molar-refractivity contribution in [2.75, 3.05) is 13.2 Å². The van der Waals surface area contributed by atoms with Gasteiger partial charge in [-0.1, -0.05) is 23.4 Å². The zero-order valence-electron chi connectivity index (χ0n) is 22.6. The van der Waals surface area contributed by atoms with E-state index in [1.807, 2.05) is 52.3 Å². The van der Waals surface area contributed by atoms with Crippen LogP contribution in [0.3, 0.4) is 0 Å². The number of aliphatic hydroxyl groups is 1. The van der Waals surface area contributed by atoms with E-state index in [1.165, 1.54) is 0 Å². The number of hydrogen-bond acceptors (Lipinski definition) is 6. The molecule has 1 saturated heterocycles. The largest absolute Gasteiger partial charge is 0.386 e. The molecule has 0 radical (unpaired) electrons. The highest BCUT2D eigenvalue weighted by Gasteiger charge is 2.32. The van der Waals surface area contributed by atoms with Crippen LogP contribution in [-0.2, 0) is 17.4 Å². The minimum Gasteiger partial charge on any atom is -0.386 e. The molecule has 0 spiro atoms. The summed E-state index contributed by atoms with van der Waals surface area (Å²) in [5.74, 6) is 0.339. The van der Waals surface area contributed by atoms with Crippen LogP contribution >= 0.6 is 0 Å². The van der Waals surface area contributed by atoms with E-state index in [-0.39, 0.29) is 6.04 Å². The molecule has 1 unspecified atom stereocenters. The van der Waals surface area contributed by atoms with Crippen molar-refractivity contribution in [3.8, 4) is 11.3 Å². The van der Waals surface area contributed by atoms with Crippen molar-refractivity contribution in [3.05, 3.63) is 71.3 Å². The topological polar surface area (TPSA) is 90.9 Å². The van der Waals surface area contributed by atoms with E-state index < -0.39 is 5.60 Å². The summed E-state index contributed by atoms with van der Waals surface area (Å²) in [6, 6.07) is 12.6. The van der Waals surface area contributed by atoms with Gasteiger partial charge in [0.15, 0.2) is 0 Å². The molecule has 1 aliphatic rings. The summed E-state index contributed by atoms with van der Waals surface area (Å²) in [6.45, 7) is 9.24. The Morgan fingerprint density at radius 2 is 1.84 bits per heavy atom. The van der Waals surface area contributed by atoms with Crippen molar-refractivity contribution in [1.29, 1.82) is 0 Å².